The van der Waals surface area contributed by atoms with Crippen LogP contribution in [-0.4, -0.2) is 16.4 Å². The van der Waals surface area contributed by atoms with Crippen molar-refractivity contribution in [2.75, 3.05) is 0 Å². The first kappa shape index (κ1) is 14.1. The Morgan fingerprint density at radius 1 is 0.917 bits per heavy atom. The van der Waals surface area contributed by atoms with E-state index in [1.54, 1.807) is 0 Å². The van der Waals surface area contributed by atoms with E-state index in [4.69, 9.17) is 9.84 Å². The van der Waals surface area contributed by atoms with Crippen LogP contribution in [0.5, 0.6) is 5.75 Å². The summed E-state index contributed by atoms with van der Waals surface area (Å²) >= 11 is 0. The van der Waals surface area contributed by atoms with Crippen molar-refractivity contribution in [1.82, 2.24) is 5.01 Å². The van der Waals surface area contributed by atoms with Gasteiger partial charge in [0.15, 0.2) is 5.72 Å². The second kappa shape index (κ2) is 5.37. The van der Waals surface area contributed by atoms with Gasteiger partial charge in [-0.25, -0.2) is 5.01 Å². The molecule has 2 aromatic rings. The zero-order chi connectivity index (χ0) is 16.0. The van der Waals surface area contributed by atoms with Crippen LogP contribution in [0.1, 0.15) is 55.7 Å². The summed E-state index contributed by atoms with van der Waals surface area (Å²) in [5.41, 5.74) is 3.46. The van der Waals surface area contributed by atoms with Crippen LogP contribution >= 0.6 is 0 Å². The molecule has 5 rings (SSSR count). The van der Waals surface area contributed by atoms with Gasteiger partial charge in [-0.1, -0.05) is 55.0 Å². The summed E-state index contributed by atoms with van der Waals surface area (Å²) in [6.07, 6.45) is 6.86. The first-order chi connectivity index (χ1) is 11.9. The second-order valence-electron chi connectivity index (χ2n) is 7.12. The van der Waals surface area contributed by atoms with Gasteiger partial charge in [0.2, 0.25) is 0 Å². The molecule has 0 aromatic heterocycles. The van der Waals surface area contributed by atoms with Crippen molar-refractivity contribution in [3.8, 4) is 5.75 Å². The number of hydrogen-bond donors (Lipinski definition) is 0. The van der Waals surface area contributed by atoms with E-state index < -0.39 is 0 Å². The van der Waals surface area contributed by atoms with Crippen LogP contribution in [0.25, 0.3) is 0 Å². The lowest BCUT2D eigenvalue weighted by Gasteiger charge is -2.49. The van der Waals surface area contributed by atoms with Gasteiger partial charge in [-0.15, -0.1) is 0 Å². The van der Waals surface area contributed by atoms with E-state index >= 15 is 0 Å². The molecule has 1 fully saturated rings. The summed E-state index contributed by atoms with van der Waals surface area (Å²) < 4.78 is 6.58. The molecule has 3 nitrogen and oxygen atoms in total. The van der Waals surface area contributed by atoms with E-state index in [0.717, 1.165) is 25.0 Å². The molecule has 1 aliphatic carbocycles. The fraction of sp³-hybridized carbons (Fsp3) is 0.381. The third-order valence-corrected chi connectivity index (χ3v) is 5.65. The molecule has 0 bridgehead atoms. The van der Waals surface area contributed by atoms with Crippen molar-refractivity contribution >= 4 is 5.71 Å². The molecular weight excluding hydrogens is 296 g/mol. The Bertz CT molecular complexity index is 777. The van der Waals surface area contributed by atoms with Crippen molar-refractivity contribution in [3.05, 3.63) is 65.7 Å². The molecular formula is C21H22N2O. The summed E-state index contributed by atoms with van der Waals surface area (Å²) in [4.78, 5) is 0. The summed E-state index contributed by atoms with van der Waals surface area (Å²) in [6.45, 7) is 0. The summed E-state index contributed by atoms with van der Waals surface area (Å²) in [6, 6.07) is 19.4. The maximum atomic E-state index is 6.58. The van der Waals surface area contributed by atoms with Gasteiger partial charge in [0.05, 0.1) is 11.8 Å². The average molecular weight is 318 g/mol. The number of hydrazone groups is 1. The van der Waals surface area contributed by atoms with Gasteiger partial charge >= 0.3 is 0 Å². The van der Waals surface area contributed by atoms with Crippen molar-refractivity contribution in [3.63, 3.8) is 0 Å². The number of rotatable bonds is 1. The number of fused-ring (bicyclic) bond motifs is 4. The molecule has 0 amide bonds. The molecule has 0 saturated heterocycles. The molecule has 1 atom stereocenters. The normalized spacial score (nSPS) is 24.1. The topological polar surface area (TPSA) is 24.8 Å². The van der Waals surface area contributed by atoms with Gasteiger partial charge in [0.1, 0.15) is 5.75 Å². The average Bonchev–Trinajstić information content (AvgIpc) is 3.10. The molecule has 24 heavy (non-hydrogen) atoms. The maximum Gasteiger partial charge on any atom is 0.198 e. The number of nitrogens with zero attached hydrogens (tertiary/aromatic N) is 2. The standard InChI is InChI=1S/C21H22N2O/c1-3-9-16(10-4-1)18-15-19-17-11-5-6-12-20(17)24-21(23(19)22-18)13-7-2-8-14-21/h1,3-6,9-12,19H,2,7-8,13-15H2/t19-/m0/s1. The lowest BCUT2D eigenvalue weighted by Crippen LogP contribution is -2.54. The minimum absolute atomic E-state index is 0.242. The monoisotopic (exact) mass is 318 g/mol. The molecule has 0 radical (unpaired) electrons. The number of benzene rings is 2. The molecule has 0 unspecified atom stereocenters. The Kier molecular flexibility index (Phi) is 3.15. The molecule has 0 N–H and O–H groups in total. The Morgan fingerprint density at radius 3 is 2.50 bits per heavy atom. The predicted molar refractivity (Wildman–Crippen MR) is 95.1 cm³/mol. The van der Waals surface area contributed by atoms with Crippen LogP contribution < -0.4 is 4.74 Å². The van der Waals surface area contributed by atoms with Crippen LogP contribution in [0.15, 0.2) is 59.7 Å². The zero-order valence-electron chi connectivity index (χ0n) is 13.8. The Morgan fingerprint density at radius 2 is 1.67 bits per heavy atom. The molecule has 1 saturated carbocycles. The summed E-state index contributed by atoms with van der Waals surface area (Å²) in [5, 5.41) is 7.38. The third kappa shape index (κ3) is 2.07. The van der Waals surface area contributed by atoms with E-state index in [1.165, 1.54) is 36.1 Å². The Balaban J connectivity index is 1.61. The number of ether oxygens (including phenoxy) is 1. The Labute approximate surface area is 142 Å². The molecule has 3 aliphatic rings. The van der Waals surface area contributed by atoms with Crippen LogP contribution in [-0.2, 0) is 0 Å². The van der Waals surface area contributed by atoms with Gasteiger partial charge in [0, 0.05) is 24.8 Å². The highest BCUT2D eigenvalue weighted by molar-refractivity contribution is 6.01. The summed E-state index contributed by atoms with van der Waals surface area (Å²) in [5.74, 6) is 1.06. The van der Waals surface area contributed by atoms with E-state index in [-0.39, 0.29) is 5.72 Å². The van der Waals surface area contributed by atoms with Crippen LogP contribution in [0.3, 0.4) is 0 Å². The lowest BCUT2D eigenvalue weighted by atomic mass is 9.86. The third-order valence-electron chi connectivity index (χ3n) is 5.65. The number of para-hydroxylation sites is 1. The fourth-order valence-electron chi connectivity index (χ4n) is 4.47. The minimum Gasteiger partial charge on any atom is -0.466 e. The second-order valence-corrected chi connectivity index (χ2v) is 7.12. The quantitative estimate of drug-likeness (QED) is 0.748. The minimum atomic E-state index is -0.242. The van der Waals surface area contributed by atoms with Gasteiger partial charge < -0.3 is 4.74 Å². The highest BCUT2D eigenvalue weighted by Gasteiger charge is 2.50. The van der Waals surface area contributed by atoms with Crippen molar-refractivity contribution in [2.45, 2.75) is 50.3 Å². The largest absolute Gasteiger partial charge is 0.466 e. The SMILES string of the molecule is c1ccc(C2=NN3[C@@H](C2)c2ccccc2OC32CCCCC2)cc1. The van der Waals surface area contributed by atoms with Crippen LogP contribution in [0.4, 0.5) is 0 Å². The number of hydrogen-bond acceptors (Lipinski definition) is 3. The van der Waals surface area contributed by atoms with E-state index in [0.29, 0.717) is 6.04 Å². The van der Waals surface area contributed by atoms with Crippen molar-refractivity contribution in [1.29, 1.82) is 0 Å². The molecule has 2 aliphatic heterocycles. The predicted octanol–water partition coefficient (Wildman–Crippen LogP) is 4.89. The van der Waals surface area contributed by atoms with E-state index in [2.05, 4.69) is 59.6 Å². The molecule has 2 heterocycles. The highest BCUT2D eigenvalue weighted by atomic mass is 16.5. The maximum absolute atomic E-state index is 6.58. The Hall–Kier alpha value is -2.29. The summed E-state index contributed by atoms with van der Waals surface area (Å²) in [7, 11) is 0. The lowest BCUT2D eigenvalue weighted by molar-refractivity contribution is -0.140. The van der Waals surface area contributed by atoms with E-state index in [9.17, 15) is 0 Å². The first-order valence-electron chi connectivity index (χ1n) is 9.06. The zero-order valence-corrected chi connectivity index (χ0v) is 13.8. The highest BCUT2D eigenvalue weighted by Crippen LogP contribution is 2.51. The van der Waals surface area contributed by atoms with Crippen LogP contribution in [0, 0.1) is 0 Å². The molecule has 1 spiro atoms. The van der Waals surface area contributed by atoms with Crippen LogP contribution in [0.2, 0.25) is 0 Å². The smallest absolute Gasteiger partial charge is 0.198 e. The molecule has 122 valence electrons. The van der Waals surface area contributed by atoms with Crippen molar-refractivity contribution < 1.29 is 4.74 Å². The fourth-order valence-corrected chi connectivity index (χ4v) is 4.47. The van der Waals surface area contributed by atoms with Crippen molar-refractivity contribution in [2.24, 2.45) is 5.10 Å². The first-order valence-corrected chi connectivity index (χ1v) is 9.06. The van der Waals surface area contributed by atoms with Gasteiger partial charge in [-0.3, -0.25) is 0 Å². The van der Waals surface area contributed by atoms with Gasteiger partial charge in [-0.2, -0.15) is 5.10 Å². The molecule has 2 aromatic carbocycles. The van der Waals surface area contributed by atoms with Gasteiger partial charge in [-0.05, 0) is 24.5 Å². The van der Waals surface area contributed by atoms with Gasteiger partial charge in [0.25, 0.3) is 0 Å². The van der Waals surface area contributed by atoms with E-state index in [1.807, 2.05) is 0 Å². The molecule has 3 heteroatoms.